The Hall–Kier alpha value is -0.670. The maximum atomic E-state index is 11.4. The molecule has 0 bridgehead atoms. The molecule has 0 aliphatic heterocycles. The number of aliphatic hydroxyl groups is 1. The van der Waals surface area contributed by atoms with Crippen LogP contribution in [0.5, 0.6) is 0 Å². The zero-order valence-corrected chi connectivity index (χ0v) is 8.70. The summed E-state index contributed by atoms with van der Waals surface area (Å²) in [6.45, 7) is 0. The number of rotatable bonds is 4. The molecule has 0 heterocycles. The minimum absolute atomic E-state index is 0.0208. The summed E-state index contributed by atoms with van der Waals surface area (Å²) in [6.07, 6.45) is -0.414. The molecule has 1 aromatic rings. The van der Waals surface area contributed by atoms with Crippen LogP contribution in [0.15, 0.2) is 30.3 Å². The first kappa shape index (κ1) is 10.4. The van der Waals surface area contributed by atoms with E-state index in [0.29, 0.717) is 10.9 Å². The van der Waals surface area contributed by atoms with Crippen LogP contribution in [0.3, 0.4) is 0 Å². The van der Waals surface area contributed by atoms with Crippen molar-refractivity contribution in [1.29, 1.82) is 0 Å². The molecule has 1 N–H and O–H groups in total. The van der Waals surface area contributed by atoms with Gasteiger partial charge in [-0.3, -0.25) is 4.79 Å². The molecule has 70 valence electrons. The molecule has 3 heteroatoms. The summed E-state index contributed by atoms with van der Waals surface area (Å²) in [6, 6.07) is 8.99. The van der Waals surface area contributed by atoms with Gasteiger partial charge in [0, 0.05) is 17.3 Å². The fourth-order valence-electron chi connectivity index (χ4n) is 1.01. The van der Waals surface area contributed by atoms with Crippen LogP contribution < -0.4 is 0 Å². The SMILES string of the molecule is O=C(CC(O)CBr)c1ccccc1. The maximum Gasteiger partial charge on any atom is 0.165 e. The van der Waals surface area contributed by atoms with Crippen molar-refractivity contribution in [2.75, 3.05) is 5.33 Å². The minimum Gasteiger partial charge on any atom is -0.392 e. The van der Waals surface area contributed by atoms with Gasteiger partial charge >= 0.3 is 0 Å². The zero-order chi connectivity index (χ0) is 9.68. The van der Waals surface area contributed by atoms with E-state index in [0.717, 1.165) is 0 Å². The van der Waals surface area contributed by atoms with E-state index in [2.05, 4.69) is 15.9 Å². The Labute approximate surface area is 85.7 Å². The Bertz CT molecular complexity index is 272. The average Bonchev–Trinajstić information content (AvgIpc) is 2.19. The number of halogens is 1. The predicted molar refractivity (Wildman–Crippen MR) is 55.2 cm³/mol. The molecule has 13 heavy (non-hydrogen) atoms. The van der Waals surface area contributed by atoms with E-state index in [4.69, 9.17) is 0 Å². The summed E-state index contributed by atoms with van der Waals surface area (Å²) in [5.74, 6) is -0.0208. The number of hydrogen-bond acceptors (Lipinski definition) is 2. The van der Waals surface area contributed by atoms with Crippen molar-refractivity contribution in [3.05, 3.63) is 35.9 Å². The molecule has 0 radical (unpaired) electrons. The van der Waals surface area contributed by atoms with Gasteiger partial charge in [0.05, 0.1) is 6.10 Å². The number of aliphatic hydroxyl groups excluding tert-OH is 1. The van der Waals surface area contributed by atoms with E-state index in [-0.39, 0.29) is 12.2 Å². The fraction of sp³-hybridized carbons (Fsp3) is 0.300. The third kappa shape index (κ3) is 3.28. The number of Topliss-reactive ketones (excluding diaryl/α,β-unsaturated/α-hetero) is 1. The van der Waals surface area contributed by atoms with Gasteiger partial charge in [-0.05, 0) is 0 Å². The average molecular weight is 243 g/mol. The maximum absolute atomic E-state index is 11.4. The zero-order valence-electron chi connectivity index (χ0n) is 7.11. The quantitative estimate of drug-likeness (QED) is 0.648. The Kier molecular flexibility index (Phi) is 4.12. The van der Waals surface area contributed by atoms with Crippen molar-refractivity contribution in [3.8, 4) is 0 Å². The van der Waals surface area contributed by atoms with Gasteiger partial charge in [0.1, 0.15) is 0 Å². The fourth-order valence-corrected chi connectivity index (χ4v) is 1.24. The minimum atomic E-state index is -0.590. The Balaban J connectivity index is 2.59. The predicted octanol–water partition coefficient (Wildman–Crippen LogP) is 2.02. The van der Waals surface area contributed by atoms with Crippen LogP contribution in [0.1, 0.15) is 16.8 Å². The van der Waals surface area contributed by atoms with Gasteiger partial charge in [-0.2, -0.15) is 0 Å². The third-order valence-electron chi connectivity index (χ3n) is 1.69. The molecule has 0 aromatic heterocycles. The number of hydrogen-bond donors (Lipinski definition) is 1. The molecule has 1 unspecified atom stereocenters. The number of benzene rings is 1. The molecule has 0 spiro atoms. The summed E-state index contributed by atoms with van der Waals surface area (Å²) in [5.41, 5.74) is 0.655. The molecule has 0 saturated heterocycles. The van der Waals surface area contributed by atoms with Crippen molar-refractivity contribution < 1.29 is 9.90 Å². The Morgan fingerprint density at radius 1 is 1.38 bits per heavy atom. The third-order valence-corrected chi connectivity index (χ3v) is 2.44. The number of carbonyl (C=O) groups excluding carboxylic acids is 1. The van der Waals surface area contributed by atoms with E-state index in [1.54, 1.807) is 12.1 Å². The largest absolute Gasteiger partial charge is 0.392 e. The lowest BCUT2D eigenvalue weighted by molar-refractivity contribution is 0.0906. The van der Waals surface area contributed by atoms with E-state index in [1.807, 2.05) is 18.2 Å². The summed E-state index contributed by atoms with van der Waals surface area (Å²) < 4.78 is 0. The van der Waals surface area contributed by atoms with Crippen molar-refractivity contribution in [3.63, 3.8) is 0 Å². The highest BCUT2D eigenvalue weighted by atomic mass is 79.9. The number of alkyl halides is 1. The highest BCUT2D eigenvalue weighted by molar-refractivity contribution is 9.09. The topological polar surface area (TPSA) is 37.3 Å². The second kappa shape index (κ2) is 5.14. The van der Waals surface area contributed by atoms with Crippen LogP contribution in [-0.2, 0) is 0 Å². The Morgan fingerprint density at radius 3 is 2.54 bits per heavy atom. The molecule has 1 atom stereocenters. The van der Waals surface area contributed by atoms with Gasteiger partial charge in [0.25, 0.3) is 0 Å². The summed E-state index contributed by atoms with van der Waals surface area (Å²) in [4.78, 5) is 11.4. The lowest BCUT2D eigenvalue weighted by Gasteiger charge is -2.04. The van der Waals surface area contributed by atoms with Crippen molar-refractivity contribution in [2.24, 2.45) is 0 Å². The second-order valence-corrected chi connectivity index (χ2v) is 3.45. The van der Waals surface area contributed by atoms with Crippen LogP contribution >= 0.6 is 15.9 Å². The molecule has 0 saturated carbocycles. The summed E-state index contributed by atoms with van der Waals surface area (Å²) >= 11 is 3.11. The lowest BCUT2D eigenvalue weighted by Crippen LogP contribution is -2.14. The molecular formula is C10H11BrO2. The van der Waals surface area contributed by atoms with Crippen molar-refractivity contribution >= 4 is 21.7 Å². The highest BCUT2D eigenvalue weighted by Gasteiger charge is 2.10. The highest BCUT2D eigenvalue weighted by Crippen LogP contribution is 2.06. The lowest BCUT2D eigenvalue weighted by atomic mass is 10.1. The first-order valence-electron chi connectivity index (χ1n) is 4.06. The summed E-state index contributed by atoms with van der Waals surface area (Å²) in [7, 11) is 0. The van der Waals surface area contributed by atoms with E-state index in [9.17, 15) is 9.90 Å². The van der Waals surface area contributed by atoms with Crippen molar-refractivity contribution in [1.82, 2.24) is 0 Å². The second-order valence-electron chi connectivity index (χ2n) is 2.80. The summed E-state index contributed by atoms with van der Waals surface area (Å²) in [5, 5.41) is 9.66. The number of ketones is 1. The smallest absolute Gasteiger partial charge is 0.165 e. The number of carbonyl (C=O) groups is 1. The van der Waals surface area contributed by atoms with Crippen LogP contribution in [-0.4, -0.2) is 22.3 Å². The van der Waals surface area contributed by atoms with Crippen molar-refractivity contribution in [2.45, 2.75) is 12.5 Å². The van der Waals surface area contributed by atoms with Gasteiger partial charge < -0.3 is 5.11 Å². The molecule has 0 amide bonds. The van der Waals surface area contributed by atoms with Crippen LogP contribution in [0.2, 0.25) is 0 Å². The first-order chi connectivity index (χ1) is 6.24. The molecular weight excluding hydrogens is 232 g/mol. The van der Waals surface area contributed by atoms with E-state index < -0.39 is 6.10 Å². The molecule has 0 aliphatic carbocycles. The first-order valence-corrected chi connectivity index (χ1v) is 5.18. The molecule has 1 aromatic carbocycles. The van der Waals surface area contributed by atoms with Gasteiger partial charge in [-0.15, -0.1) is 0 Å². The monoisotopic (exact) mass is 242 g/mol. The van der Waals surface area contributed by atoms with Crippen LogP contribution in [0.4, 0.5) is 0 Å². The van der Waals surface area contributed by atoms with Gasteiger partial charge in [-0.25, -0.2) is 0 Å². The van der Waals surface area contributed by atoms with Gasteiger partial charge in [0.15, 0.2) is 5.78 Å². The van der Waals surface area contributed by atoms with E-state index >= 15 is 0 Å². The van der Waals surface area contributed by atoms with E-state index in [1.165, 1.54) is 0 Å². The van der Waals surface area contributed by atoms with Gasteiger partial charge in [-0.1, -0.05) is 46.3 Å². The normalized spacial score (nSPS) is 12.5. The molecule has 1 rings (SSSR count). The molecule has 0 fully saturated rings. The van der Waals surface area contributed by atoms with Crippen LogP contribution in [0.25, 0.3) is 0 Å². The molecule has 0 aliphatic rings. The van der Waals surface area contributed by atoms with Gasteiger partial charge in [0.2, 0.25) is 0 Å². The molecule has 2 nitrogen and oxygen atoms in total. The standard InChI is InChI=1S/C10H11BrO2/c11-7-9(12)6-10(13)8-4-2-1-3-5-8/h1-5,9,12H,6-7H2. The van der Waals surface area contributed by atoms with Crippen LogP contribution in [0, 0.1) is 0 Å². The Morgan fingerprint density at radius 2 is 2.00 bits per heavy atom.